The third-order valence-electron chi connectivity index (χ3n) is 4.38. The van der Waals surface area contributed by atoms with E-state index in [0.717, 1.165) is 4.31 Å². The zero-order valence-electron chi connectivity index (χ0n) is 16.7. The monoisotopic (exact) mass is 451 g/mol. The van der Waals surface area contributed by atoms with E-state index in [1.165, 1.54) is 33.5 Å². The molecule has 0 unspecified atom stereocenters. The van der Waals surface area contributed by atoms with Gasteiger partial charge in [-0.05, 0) is 24.3 Å². The van der Waals surface area contributed by atoms with Crippen LogP contribution in [-0.4, -0.2) is 51.4 Å². The summed E-state index contributed by atoms with van der Waals surface area (Å²) in [5.41, 5.74) is 0.417. The van der Waals surface area contributed by atoms with Gasteiger partial charge < -0.3 is 14.8 Å². The summed E-state index contributed by atoms with van der Waals surface area (Å²) >= 11 is 0. The number of sulfonamides is 1. The maximum Gasteiger partial charge on any atom is 0.243 e. The zero-order chi connectivity index (χ0) is 21.0. The van der Waals surface area contributed by atoms with E-state index in [-0.39, 0.29) is 23.8 Å². The standard InChI is InChI=1S/C20H21N3O5S.ClH/c1-23(13-20(24)22-17-8-7-15(27-2)11-18(17)28-3)29(25,26)19-6-4-5-14-12-21-10-9-16(14)19;/h4-12H,13H2,1-3H3,(H,22,24);1H. The second kappa shape index (κ2) is 9.75. The molecule has 0 aliphatic rings. The third kappa shape index (κ3) is 4.81. The lowest BCUT2D eigenvalue weighted by Gasteiger charge is -2.18. The predicted octanol–water partition coefficient (Wildman–Crippen LogP) is 2.93. The summed E-state index contributed by atoms with van der Waals surface area (Å²) in [6.45, 7) is -0.362. The minimum absolute atomic E-state index is 0. The number of likely N-dealkylation sites (N-methyl/N-ethyl adjacent to an activating group) is 1. The van der Waals surface area contributed by atoms with Gasteiger partial charge in [-0.2, -0.15) is 4.31 Å². The quantitative estimate of drug-likeness (QED) is 0.593. The molecule has 2 aromatic carbocycles. The molecule has 0 saturated carbocycles. The van der Waals surface area contributed by atoms with E-state index in [2.05, 4.69) is 10.3 Å². The number of methoxy groups -OCH3 is 2. The normalized spacial score (nSPS) is 11.1. The van der Waals surface area contributed by atoms with Crippen LogP contribution in [-0.2, 0) is 14.8 Å². The van der Waals surface area contributed by atoms with Crippen molar-refractivity contribution in [1.82, 2.24) is 9.29 Å². The number of nitrogens with zero attached hydrogens (tertiary/aromatic N) is 2. The lowest BCUT2D eigenvalue weighted by Crippen LogP contribution is -2.35. The second-order valence-corrected chi connectivity index (χ2v) is 8.24. The third-order valence-corrected chi connectivity index (χ3v) is 6.24. The first-order valence-electron chi connectivity index (χ1n) is 8.68. The Morgan fingerprint density at radius 2 is 1.90 bits per heavy atom. The van der Waals surface area contributed by atoms with Gasteiger partial charge in [0.2, 0.25) is 15.9 Å². The molecular formula is C20H22ClN3O5S. The summed E-state index contributed by atoms with van der Waals surface area (Å²) in [7, 11) is 0.468. The average molecular weight is 452 g/mol. The van der Waals surface area contributed by atoms with E-state index in [1.807, 2.05) is 0 Å². The number of fused-ring (bicyclic) bond motifs is 1. The van der Waals surface area contributed by atoms with Gasteiger partial charge >= 0.3 is 0 Å². The molecule has 1 amide bonds. The SMILES string of the molecule is COc1ccc(NC(=O)CN(C)S(=O)(=O)c2cccc3cnccc23)c(OC)c1.Cl. The summed E-state index contributed by atoms with van der Waals surface area (Å²) < 4.78 is 37.4. The van der Waals surface area contributed by atoms with Crippen molar-refractivity contribution in [2.24, 2.45) is 0 Å². The van der Waals surface area contributed by atoms with Crippen LogP contribution in [0.1, 0.15) is 0 Å². The summed E-state index contributed by atoms with van der Waals surface area (Å²) in [5, 5.41) is 3.92. The number of rotatable bonds is 7. The zero-order valence-corrected chi connectivity index (χ0v) is 18.3. The highest BCUT2D eigenvalue weighted by Crippen LogP contribution is 2.29. The van der Waals surface area contributed by atoms with Crippen molar-refractivity contribution in [3.8, 4) is 11.5 Å². The number of hydrogen-bond donors (Lipinski definition) is 1. The van der Waals surface area contributed by atoms with Gasteiger partial charge in [-0.15, -0.1) is 12.4 Å². The van der Waals surface area contributed by atoms with Crippen LogP contribution >= 0.6 is 12.4 Å². The molecule has 0 radical (unpaired) electrons. The van der Waals surface area contributed by atoms with Gasteiger partial charge in [-0.1, -0.05) is 12.1 Å². The Kier molecular flexibility index (Phi) is 7.60. The van der Waals surface area contributed by atoms with Crippen molar-refractivity contribution in [1.29, 1.82) is 0 Å². The molecule has 1 aromatic heterocycles. The fourth-order valence-corrected chi connectivity index (χ4v) is 4.20. The number of ether oxygens (including phenoxy) is 2. The molecule has 0 spiro atoms. The van der Waals surface area contributed by atoms with Gasteiger partial charge in [0, 0.05) is 36.3 Å². The van der Waals surface area contributed by atoms with Crippen molar-refractivity contribution in [2.75, 3.05) is 33.1 Å². The number of benzene rings is 2. The van der Waals surface area contributed by atoms with Crippen LogP contribution < -0.4 is 14.8 Å². The maximum absolute atomic E-state index is 13.0. The lowest BCUT2D eigenvalue weighted by molar-refractivity contribution is -0.116. The molecule has 3 aromatic rings. The molecule has 1 N–H and O–H groups in total. The van der Waals surface area contributed by atoms with Crippen LogP contribution in [0.3, 0.4) is 0 Å². The number of anilines is 1. The Balaban J connectivity index is 0.00000320. The van der Waals surface area contributed by atoms with E-state index in [9.17, 15) is 13.2 Å². The van der Waals surface area contributed by atoms with Gasteiger partial charge in [-0.25, -0.2) is 8.42 Å². The predicted molar refractivity (Wildman–Crippen MR) is 117 cm³/mol. The molecule has 0 bridgehead atoms. The molecule has 3 rings (SSSR count). The van der Waals surface area contributed by atoms with Gasteiger partial charge in [-0.3, -0.25) is 9.78 Å². The minimum Gasteiger partial charge on any atom is -0.497 e. The number of pyridine rings is 1. The number of amides is 1. The summed E-state index contributed by atoms with van der Waals surface area (Å²) in [6, 6.07) is 11.5. The van der Waals surface area contributed by atoms with Crippen LogP contribution in [0.15, 0.2) is 59.8 Å². The van der Waals surface area contributed by atoms with Crippen molar-refractivity contribution >= 4 is 44.8 Å². The number of carbonyl (C=O) groups is 1. The molecule has 0 aliphatic carbocycles. The maximum atomic E-state index is 13.0. The number of carbonyl (C=O) groups excluding carboxylic acids is 1. The van der Waals surface area contributed by atoms with E-state index >= 15 is 0 Å². The van der Waals surface area contributed by atoms with E-state index in [0.29, 0.717) is 28.0 Å². The molecule has 0 atom stereocenters. The van der Waals surface area contributed by atoms with Crippen LogP contribution in [0, 0.1) is 0 Å². The smallest absolute Gasteiger partial charge is 0.243 e. The molecule has 1 heterocycles. The lowest BCUT2D eigenvalue weighted by atomic mass is 10.2. The number of hydrogen-bond acceptors (Lipinski definition) is 6. The first-order chi connectivity index (χ1) is 13.9. The molecular weight excluding hydrogens is 430 g/mol. The topological polar surface area (TPSA) is 97.8 Å². The van der Waals surface area contributed by atoms with E-state index in [1.54, 1.807) is 42.6 Å². The van der Waals surface area contributed by atoms with Crippen molar-refractivity contribution < 1.29 is 22.7 Å². The highest BCUT2D eigenvalue weighted by atomic mass is 35.5. The van der Waals surface area contributed by atoms with Crippen LogP contribution in [0.2, 0.25) is 0 Å². The molecule has 0 saturated heterocycles. The Morgan fingerprint density at radius 3 is 2.60 bits per heavy atom. The Morgan fingerprint density at radius 1 is 1.13 bits per heavy atom. The first kappa shape index (κ1) is 23.4. The fourth-order valence-electron chi connectivity index (χ4n) is 2.86. The fraction of sp³-hybridized carbons (Fsp3) is 0.200. The number of aromatic nitrogens is 1. The summed E-state index contributed by atoms with van der Waals surface area (Å²) in [4.78, 5) is 16.6. The molecule has 160 valence electrons. The summed E-state index contributed by atoms with van der Waals surface area (Å²) in [6.07, 6.45) is 3.13. The highest BCUT2D eigenvalue weighted by molar-refractivity contribution is 7.89. The van der Waals surface area contributed by atoms with E-state index < -0.39 is 15.9 Å². The number of nitrogens with one attached hydrogen (secondary N) is 1. The Labute approximate surface area is 181 Å². The molecule has 0 aliphatic heterocycles. The van der Waals surface area contributed by atoms with Crippen molar-refractivity contribution in [2.45, 2.75) is 4.90 Å². The molecule has 10 heteroatoms. The number of halogens is 1. The van der Waals surface area contributed by atoms with Crippen LogP contribution in [0.5, 0.6) is 11.5 Å². The van der Waals surface area contributed by atoms with Crippen LogP contribution in [0.25, 0.3) is 10.8 Å². The van der Waals surface area contributed by atoms with Crippen molar-refractivity contribution in [3.05, 3.63) is 54.9 Å². The second-order valence-electron chi connectivity index (χ2n) is 6.23. The van der Waals surface area contributed by atoms with Crippen LogP contribution in [0.4, 0.5) is 5.69 Å². The molecule has 0 fully saturated rings. The van der Waals surface area contributed by atoms with E-state index in [4.69, 9.17) is 9.47 Å². The van der Waals surface area contributed by atoms with Gasteiger partial charge in [0.1, 0.15) is 11.5 Å². The highest BCUT2D eigenvalue weighted by Gasteiger charge is 2.25. The Hall–Kier alpha value is -2.88. The molecule has 30 heavy (non-hydrogen) atoms. The minimum atomic E-state index is -3.89. The summed E-state index contributed by atoms with van der Waals surface area (Å²) in [5.74, 6) is 0.483. The van der Waals surface area contributed by atoms with Gasteiger partial charge in [0.05, 0.1) is 31.3 Å². The van der Waals surface area contributed by atoms with Gasteiger partial charge in [0.25, 0.3) is 0 Å². The molecule has 8 nitrogen and oxygen atoms in total. The first-order valence-corrected chi connectivity index (χ1v) is 10.1. The van der Waals surface area contributed by atoms with Crippen molar-refractivity contribution in [3.63, 3.8) is 0 Å². The van der Waals surface area contributed by atoms with Gasteiger partial charge in [0.15, 0.2) is 0 Å². The largest absolute Gasteiger partial charge is 0.497 e. The Bertz CT molecular complexity index is 1150. The average Bonchev–Trinajstić information content (AvgIpc) is 2.73.